The van der Waals surface area contributed by atoms with Gasteiger partial charge < -0.3 is 5.11 Å². The lowest BCUT2D eigenvalue weighted by Gasteiger charge is -2.33. The molecule has 3 aromatic carbocycles. The summed E-state index contributed by atoms with van der Waals surface area (Å²) in [6.45, 7) is 13.4. The van der Waals surface area contributed by atoms with E-state index in [1.807, 2.05) is 24.3 Å². The second-order valence-corrected chi connectivity index (χ2v) is 10.8. The minimum absolute atomic E-state index is 0.0741. The summed E-state index contributed by atoms with van der Waals surface area (Å²) in [5.74, 6) is 0.237. The summed E-state index contributed by atoms with van der Waals surface area (Å²) in [7, 11) is 0. The van der Waals surface area contributed by atoms with Crippen molar-refractivity contribution in [3.05, 3.63) is 82.9 Å². The Balaban J connectivity index is 1.86. The van der Waals surface area contributed by atoms with Crippen LogP contribution < -0.4 is 0 Å². The van der Waals surface area contributed by atoms with Crippen LogP contribution in [0.3, 0.4) is 0 Å². The molecule has 0 amide bonds. The Morgan fingerprint density at radius 3 is 2.00 bits per heavy atom. The maximum Gasteiger partial charge on any atom is 0.146 e. The molecule has 0 bridgehead atoms. The largest absolute Gasteiger partial charge is 0.505 e. The summed E-state index contributed by atoms with van der Waals surface area (Å²) < 4.78 is 0. The average molecular weight is 428 g/mol. The van der Waals surface area contributed by atoms with E-state index in [0.29, 0.717) is 12.1 Å². The smallest absolute Gasteiger partial charge is 0.146 e. The molecular weight excluding hydrogens is 394 g/mol. The Kier molecular flexibility index (Phi) is 5.58. The van der Waals surface area contributed by atoms with E-state index in [0.717, 1.165) is 23.0 Å². The number of nitrogens with zero attached hydrogens (tertiary/aromatic N) is 3. The lowest BCUT2D eigenvalue weighted by molar-refractivity contribution is 0.284. The Bertz CT molecular complexity index is 1210. The third-order valence-electron chi connectivity index (χ3n) is 5.94. The van der Waals surface area contributed by atoms with Gasteiger partial charge >= 0.3 is 0 Å². The van der Waals surface area contributed by atoms with Gasteiger partial charge in [0.15, 0.2) is 0 Å². The molecule has 166 valence electrons. The monoisotopic (exact) mass is 427 g/mol. The van der Waals surface area contributed by atoms with Gasteiger partial charge in [-0.2, -0.15) is 0 Å². The SMILES string of the molecule is Cc1ccc(Cc2cc(C(C)(C)CC(C)(C)C)cc(-n3nc4ccccc4n3)c2O)cc1. The minimum Gasteiger partial charge on any atom is -0.505 e. The van der Waals surface area contributed by atoms with Gasteiger partial charge in [-0.25, -0.2) is 0 Å². The molecule has 0 radical (unpaired) electrons. The number of hydrogen-bond donors (Lipinski definition) is 1. The van der Waals surface area contributed by atoms with Crippen molar-refractivity contribution in [1.82, 2.24) is 15.0 Å². The summed E-state index contributed by atoms with van der Waals surface area (Å²) in [6, 6.07) is 20.5. The number of fused-ring (bicyclic) bond motifs is 1. The number of rotatable bonds is 5. The summed E-state index contributed by atoms with van der Waals surface area (Å²) in [5, 5.41) is 20.6. The summed E-state index contributed by atoms with van der Waals surface area (Å²) in [6.07, 6.45) is 1.67. The van der Waals surface area contributed by atoms with Gasteiger partial charge in [0.2, 0.25) is 0 Å². The molecule has 4 rings (SSSR count). The Labute approximate surface area is 190 Å². The topological polar surface area (TPSA) is 50.9 Å². The number of phenolic OH excluding ortho intramolecular Hbond substituents is 1. The molecular formula is C28H33N3O. The van der Waals surface area contributed by atoms with E-state index in [2.05, 4.69) is 88.1 Å². The van der Waals surface area contributed by atoms with Crippen molar-refractivity contribution in [3.8, 4) is 11.4 Å². The molecule has 32 heavy (non-hydrogen) atoms. The van der Waals surface area contributed by atoms with E-state index in [9.17, 15) is 5.11 Å². The molecule has 4 nitrogen and oxygen atoms in total. The first-order valence-electron chi connectivity index (χ1n) is 11.3. The van der Waals surface area contributed by atoms with E-state index < -0.39 is 0 Å². The van der Waals surface area contributed by atoms with Crippen molar-refractivity contribution in [1.29, 1.82) is 0 Å². The van der Waals surface area contributed by atoms with E-state index >= 15 is 0 Å². The van der Waals surface area contributed by atoms with Gasteiger partial charge in [-0.3, -0.25) is 0 Å². The summed E-state index contributed by atoms with van der Waals surface area (Å²) in [5.41, 5.74) is 6.83. The third-order valence-corrected chi connectivity index (χ3v) is 5.94. The highest BCUT2D eigenvalue weighted by Gasteiger charge is 2.29. The standard InChI is InChI=1S/C28H33N3O/c1-19-11-13-20(14-12-19)15-21-16-22(28(5,6)18-27(2,3)4)17-25(26(21)32)31-29-23-9-7-8-10-24(23)30-31/h7-14,16-17,32H,15,18H2,1-6H3. The van der Waals surface area contributed by atoms with Crippen molar-refractivity contribution < 1.29 is 5.11 Å². The van der Waals surface area contributed by atoms with Gasteiger partial charge in [-0.1, -0.05) is 82.6 Å². The Hall–Kier alpha value is -3.14. The van der Waals surface area contributed by atoms with E-state index in [1.165, 1.54) is 16.7 Å². The second kappa shape index (κ2) is 8.09. The van der Waals surface area contributed by atoms with Crippen LogP contribution in [0.1, 0.15) is 63.3 Å². The molecule has 1 heterocycles. The molecule has 1 aromatic heterocycles. The highest BCUT2D eigenvalue weighted by molar-refractivity contribution is 5.73. The predicted octanol–water partition coefficient (Wildman–Crippen LogP) is 6.74. The highest BCUT2D eigenvalue weighted by atomic mass is 16.3. The number of phenols is 1. The fraction of sp³-hybridized carbons (Fsp3) is 0.357. The first kappa shape index (κ1) is 22.1. The third kappa shape index (κ3) is 4.69. The zero-order chi connectivity index (χ0) is 23.1. The number of aryl methyl sites for hydroxylation is 1. The molecule has 0 fully saturated rings. The zero-order valence-corrected chi connectivity index (χ0v) is 20.0. The van der Waals surface area contributed by atoms with Crippen molar-refractivity contribution in [3.63, 3.8) is 0 Å². The van der Waals surface area contributed by atoms with E-state index in [1.54, 1.807) is 4.80 Å². The molecule has 1 N–H and O–H groups in total. The zero-order valence-electron chi connectivity index (χ0n) is 20.0. The quantitative estimate of drug-likeness (QED) is 0.384. The molecule has 0 saturated carbocycles. The summed E-state index contributed by atoms with van der Waals surface area (Å²) >= 11 is 0. The lowest BCUT2D eigenvalue weighted by Crippen LogP contribution is -2.25. The first-order valence-corrected chi connectivity index (χ1v) is 11.3. The lowest BCUT2D eigenvalue weighted by atomic mass is 9.72. The van der Waals surface area contributed by atoms with Crippen LogP contribution in [-0.4, -0.2) is 20.1 Å². The number of aromatic hydroxyl groups is 1. The molecule has 0 aliphatic carbocycles. The van der Waals surface area contributed by atoms with Crippen LogP contribution in [0, 0.1) is 12.3 Å². The highest BCUT2D eigenvalue weighted by Crippen LogP contribution is 2.40. The predicted molar refractivity (Wildman–Crippen MR) is 132 cm³/mol. The molecule has 0 aliphatic heterocycles. The van der Waals surface area contributed by atoms with Gasteiger partial charge in [-0.15, -0.1) is 15.0 Å². The van der Waals surface area contributed by atoms with Gasteiger partial charge in [0, 0.05) is 12.0 Å². The molecule has 0 spiro atoms. The van der Waals surface area contributed by atoms with Crippen molar-refractivity contribution in [2.45, 2.75) is 59.8 Å². The first-order chi connectivity index (χ1) is 15.0. The van der Waals surface area contributed by atoms with Crippen LogP contribution in [-0.2, 0) is 11.8 Å². The van der Waals surface area contributed by atoms with Gasteiger partial charge in [0.05, 0.1) is 0 Å². The fourth-order valence-electron chi connectivity index (χ4n) is 4.68. The number of aromatic nitrogens is 3. The molecule has 4 aromatic rings. The van der Waals surface area contributed by atoms with Crippen LogP contribution in [0.15, 0.2) is 60.7 Å². The van der Waals surface area contributed by atoms with Crippen molar-refractivity contribution in [2.75, 3.05) is 0 Å². The number of benzene rings is 3. The number of hydrogen-bond acceptors (Lipinski definition) is 3. The average Bonchev–Trinajstić information content (AvgIpc) is 3.13. The normalized spacial score (nSPS) is 12.4. The van der Waals surface area contributed by atoms with Crippen LogP contribution in [0.5, 0.6) is 5.75 Å². The molecule has 4 heteroatoms. The van der Waals surface area contributed by atoms with Gasteiger partial charge in [0.1, 0.15) is 22.5 Å². The summed E-state index contributed by atoms with van der Waals surface area (Å²) in [4.78, 5) is 1.58. The molecule has 0 saturated heterocycles. The van der Waals surface area contributed by atoms with E-state index in [-0.39, 0.29) is 16.6 Å². The van der Waals surface area contributed by atoms with E-state index in [4.69, 9.17) is 0 Å². The molecule has 0 aliphatic rings. The second-order valence-electron chi connectivity index (χ2n) is 10.8. The molecule has 0 atom stereocenters. The van der Waals surface area contributed by atoms with Crippen LogP contribution in [0.4, 0.5) is 0 Å². The Morgan fingerprint density at radius 2 is 1.44 bits per heavy atom. The van der Waals surface area contributed by atoms with Gasteiger partial charge in [0.25, 0.3) is 0 Å². The van der Waals surface area contributed by atoms with Crippen LogP contribution in [0.25, 0.3) is 16.7 Å². The van der Waals surface area contributed by atoms with Crippen molar-refractivity contribution in [2.24, 2.45) is 5.41 Å². The maximum atomic E-state index is 11.3. The van der Waals surface area contributed by atoms with Crippen LogP contribution >= 0.6 is 0 Å². The maximum absolute atomic E-state index is 11.3. The van der Waals surface area contributed by atoms with Gasteiger partial charge in [-0.05, 0) is 53.5 Å². The molecule has 0 unspecified atom stereocenters. The fourth-order valence-corrected chi connectivity index (χ4v) is 4.68. The van der Waals surface area contributed by atoms with Crippen LogP contribution in [0.2, 0.25) is 0 Å². The Morgan fingerprint density at radius 1 is 0.844 bits per heavy atom. The minimum atomic E-state index is -0.0741. The van der Waals surface area contributed by atoms with Crippen molar-refractivity contribution >= 4 is 11.0 Å².